The summed E-state index contributed by atoms with van der Waals surface area (Å²) in [6.45, 7) is 6.13. The van der Waals surface area contributed by atoms with Crippen LogP contribution < -0.4 is 5.43 Å². The van der Waals surface area contributed by atoms with Crippen molar-refractivity contribution >= 4 is 29.6 Å². The SMILES string of the molecule is Cc1cccc(-n2c(C)cc(/C=N\NC(=O)CSCc3ccc([N+](=O)[O-])cc3)c2C)c1. The normalized spacial score (nSPS) is 11.1. The van der Waals surface area contributed by atoms with Crippen molar-refractivity contribution in [3.05, 3.63) is 92.8 Å². The number of nitro groups is 1. The molecule has 8 heteroatoms. The largest absolute Gasteiger partial charge is 0.318 e. The van der Waals surface area contributed by atoms with Crippen molar-refractivity contribution < 1.29 is 9.72 Å². The first-order chi connectivity index (χ1) is 14.8. The zero-order valence-electron chi connectivity index (χ0n) is 17.7. The number of aromatic nitrogens is 1. The number of nitro benzene ring substituents is 1. The van der Waals surface area contributed by atoms with Crippen LogP contribution in [0.2, 0.25) is 0 Å². The number of hydrogen-bond donors (Lipinski definition) is 1. The number of nitrogens with zero attached hydrogens (tertiary/aromatic N) is 3. The maximum Gasteiger partial charge on any atom is 0.269 e. The molecule has 0 aliphatic rings. The van der Waals surface area contributed by atoms with E-state index in [2.05, 4.69) is 40.2 Å². The van der Waals surface area contributed by atoms with Gasteiger partial charge >= 0.3 is 0 Å². The molecule has 31 heavy (non-hydrogen) atoms. The zero-order chi connectivity index (χ0) is 22.4. The molecule has 1 N–H and O–H groups in total. The van der Waals surface area contributed by atoms with Gasteiger partial charge in [0.25, 0.3) is 5.69 Å². The van der Waals surface area contributed by atoms with Crippen molar-refractivity contribution in [2.45, 2.75) is 26.5 Å². The van der Waals surface area contributed by atoms with Crippen LogP contribution in [-0.2, 0) is 10.5 Å². The van der Waals surface area contributed by atoms with Crippen LogP contribution in [0.25, 0.3) is 5.69 Å². The van der Waals surface area contributed by atoms with Gasteiger partial charge in [0, 0.05) is 40.5 Å². The van der Waals surface area contributed by atoms with E-state index < -0.39 is 4.92 Å². The van der Waals surface area contributed by atoms with Gasteiger partial charge < -0.3 is 4.57 Å². The van der Waals surface area contributed by atoms with E-state index in [1.165, 1.54) is 29.5 Å². The Morgan fingerprint density at radius 2 is 1.90 bits per heavy atom. The first-order valence-electron chi connectivity index (χ1n) is 9.74. The van der Waals surface area contributed by atoms with E-state index in [4.69, 9.17) is 0 Å². The fourth-order valence-corrected chi connectivity index (χ4v) is 4.04. The molecule has 0 saturated heterocycles. The van der Waals surface area contributed by atoms with Crippen LogP contribution in [0.1, 0.15) is 28.1 Å². The summed E-state index contributed by atoms with van der Waals surface area (Å²) in [5.74, 6) is 0.638. The van der Waals surface area contributed by atoms with Gasteiger partial charge in [-0.2, -0.15) is 5.10 Å². The third kappa shape index (κ3) is 5.82. The monoisotopic (exact) mass is 436 g/mol. The number of thioether (sulfide) groups is 1. The third-order valence-corrected chi connectivity index (χ3v) is 5.78. The second kappa shape index (κ2) is 10.1. The number of carbonyl (C=O) groups excluding carboxylic acids is 1. The lowest BCUT2D eigenvalue weighted by molar-refractivity contribution is -0.384. The maximum absolute atomic E-state index is 12.0. The summed E-state index contributed by atoms with van der Waals surface area (Å²) >= 11 is 1.42. The highest BCUT2D eigenvalue weighted by Crippen LogP contribution is 2.20. The van der Waals surface area contributed by atoms with Crippen LogP contribution in [0.5, 0.6) is 0 Å². The molecule has 1 amide bonds. The molecule has 1 aromatic heterocycles. The van der Waals surface area contributed by atoms with Crippen LogP contribution in [0.4, 0.5) is 5.69 Å². The molecule has 1 heterocycles. The van der Waals surface area contributed by atoms with Crippen LogP contribution >= 0.6 is 11.8 Å². The summed E-state index contributed by atoms with van der Waals surface area (Å²) in [4.78, 5) is 22.3. The Kier molecular flexibility index (Phi) is 7.25. The highest BCUT2D eigenvalue weighted by Gasteiger charge is 2.10. The fourth-order valence-electron chi connectivity index (χ4n) is 3.26. The Bertz CT molecular complexity index is 1120. The standard InChI is InChI=1S/C23H24N4O3S/c1-16-5-4-6-22(11-16)26-17(2)12-20(18(26)3)13-24-25-23(28)15-31-14-19-7-9-21(10-8-19)27(29)30/h4-13H,14-15H2,1-3H3,(H,25,28)/b24-13-. The number of benzene rings is 2. The second-order valence-electron chi connectivity index (χ2n) is 7.21. The average Bonchev–Trinajstić information content (AvgIpc) is 3.01. The number of hydrogen-bond acceptors (Lipinski definition) is 5. The maximum atomic E-state index is 12.0. The second-order valence-corrected chi connectivity index (χ2v) is 8.20. The molecule has 0 atom stereocenters. The van der Waals surface area contributed by atoms with Gasteiger partial charge in [0.15, 0.2) is 0 Å². The third-order valence-electron chi connectivity index (χ3n) is 4.77. The summed E-state index contributed by atoms with van der Waals surface area (Å²) in [5, 5.41) is 14.8. The molecule has 0 radical (unpaired) electrons. The minimum absolute atomic E-state index is 0.0580. The molecule has 0 aliphatic carbocycles. The molecule has 2 aromatic carbocycles. The number of non-ortho nitro benzene ring substituents is 1. The molecule has 0 saturated carbocycles. The Morgan fingerprint density at radius 1 is 1.16 bits per heavy atom. The Labute approximate surface area is 185 Å². The van der Waals surface area contributed by atoms with Crippen molar-refractivity contribution in [1.29, 1.82) is 0 Å². The number of amides is 1. The Hall–Kier alpha value is -3.39. The number of hydrazone groups is 1. The summed E-state index contributed by atoms with van der Waals surface area (Å²) in [7, 11) is 0. The molecular formula is C23H24N4O3S. The predicted octanol–water partition coefficient (Wildman–Crippen LogP) is 4.69. The molecule has 0 spiro atoms. The van der Waals surface area contributed by atoms with Crippen LogP contribution in [-0.4, -0.2) is 27.4 Å². The molecular weight excluding hydrogens is 412 g/mol. The van der Waals surface area contributed by atoms with Gasteiger partial charge in [0.1, 0.15) is 0 Å². The molecule has 3 rings (SSSR count). The predicted molar refractivity (Wildman–Crippen MR) is 125 cm³/mol. The lowest BCUT2D eigenvalue weighted by Gasteiger charge is -2.10. The van der Waals surface area contributed by atoms with Crippen LogP contribution in [0.3, 0.4) is 0 Å². The van der Waals surface area contributed by atoms with Crippen molar-refractivity contribution in [3.63, 3.8) is 0 Å². The molecule has 160 valence electrons. The first-order valence-corrected chi connectivity index (χ1v) is 10.9. The summed E-state index contributed by atoms with van der Waals surface area (Å²) < 4.78 is 2.16. The highest BCUT2D eigenvalue weighted by molar-refractivity contribution is 7.99. The molecule has 3 aromatic rings. The topological polar surface area (TPSA) is 89.5 Å². The van der Waals surface area contributed by atoms with Gasteiger partial charge in [-0.3, -0.25) is 14.9 Å². The summed E-state index contributed by atoms with van der Waals surface area (Å²) in [6, 6.07) is 16.7. The summed E-state index contributed by atoms with van der Waals surface area (Å²) in [5.41, 5.74) is 8.92. The van der Waals surface area contributed by atoms with E-state index in [0.717, 1.165) is 28.2 Å². The number of carbonyl (C=O) groups is 1. The van der Waals surface area contributed by atoms with Crippen LogP contribution in [0, 0.1) is 30.9 Å². The van der Waals surface area contributed by atoms with Gasteiger partial charge in [-0.05, 0) is 50.1 Å². The average molecular weight is 437 g/mol. The lowest BCUT2D eigenvalue weighted by atomic mass is 10.2. The highest BCUT2D eigenvalue weighted by atomic mass is 32.2. The minimum Gasteiger partial charge on any atom is -0.318 e. The van der Waals surface area contributed by atoms with Crippen LogP contribution in [0.15, 0.2) is 59.7 Å². The van der Waals surface area contributed by atoms with E-state index in [1.54, 1.807) is 18.3 Å². The van der Waals surface area contributed by atoms with E-state index in [0.29, 0.717) is 5.75 Å². The number of rotatable bonds is 8. The van der Waals surface area contributed by atoms with E-state index in [1.807, 2.05) is 26.0 Å². The fraction of sp³-hybridized carbons (Fsp3) is 0.217. The molecule has 0 aliphatic heterocycles. The Morgan fingerprint density at radius 3 is 2.58 bits per heavy atom. The van der Waals surface area contributed by atoms with Gasteiger partial charge in [-0.1, -0.05) is 24.3 Å². The zero-order valence-corrected chi connectivity index (χ0v) is 18.5. The lowest BCUT2D eigenvalue weighted by Crippen LogP contribution is -2.19. The Balaban J connectivity index is 1.53. The van der Waals surface area contributed by atoms with E-state index >= 15 is 0 Å². The molecule has 0 fully saturated rings. The van der Waals surface area contributed by atoms with Crippen molar-refractivity contribution in [3.8, 4) is 5.69 Å². The van der Waals surface area contributed by atoms with E-state index in [-0.39, 0.29) is 17.3 Å². The van der Waals surface area contributed by atoms with Gasteiger partial charge in [0.2, 0.25) is 5.91 Å². The first kappa shape index (κ1) is 22.3. The van der Waals surface area contributed by atoms with Crippen molar-refractivity contribution in [2.75, 3.05) is 5.75 Å². The quantitative estimate of drug-likeness (QED) is 0.315. The van der Waals surface area contributed by atoms with Crippen molar-refractivity contribution in [2.24, 2.45) is 5.10 Å². The van der Waals surface area contributed by atoms with E-state index in [9.17, 15) is 14.9 Å². The molecule has 7 nitrogen and oxygen atoms in total. The number of aryl methyl sites for hydroxylation is 2. The van der Waals surface area contributed by atoms with Crippen molar-refractivity contribution in [1.82, 2.24) is 9.99 Å². The molecule has 0 bridgehead atoms. The number of nitrogens with one attached hydrogen (secondary N) is 1. The minimum atomic E-state index is -0.430. The summed E-state index contributed by atoms with van der Waals surface area (Å²) in [6.07, 6.45) is 1.66. The van der Waals surface area contributed by atoms with Gasteiger partial charge in [-0.15, -0.1) is 11.8 Å². The smallest absolute Gasteiger partial charge is 0.269 e. The molecule has 0 unspecified atom stereocenters. The van der Waals surface area contributed by atoms with Gasteiger partial charge in [-0.25, -0.2) is 5.43 Å². The van der Waals surface area contributed by atoms with Gasteiger partial charge in [0.05, 0.1) is 16.9 Å².